The summed E-state index contributed by atoms with van der Waals surface area (Å²) in [6.07, 6.45) is -2.81. The Morgan fingerprint density at radius 2 is 2.16 bits per heavy atom. The van der Waals surface area contributed by atoms with Crippen molar-refractivity contribution in [3.05, 3.63) is 11.9 Å². The Kier molecular flexibility index (Phi) is 5.61. The Balaban J connectivity index is 2.73. The monoisotopic (exact) mass is 281 g/mol. The second-order valence-electron chi connectivity index (χ2n) is 3.96. The van der Waals surface area contributed by atoms with Gasteiger partial charge in [-0.15, -0.1) is 0 Å². The van der Waals surface area contributed by atoms with Crippen molar-refractivity contribution >= 4 is 0 Å². The number of hydrogen-bond donors (Lipinski definition) is 1. The molecule has 1 aromatic heterocycles. The van der Waals surface area contributed by atoms with Crippen LogP contribution in [0.1, 0.15) is 18.7 Å². The zero-order valence-corrected chi connectivity index (χ0v) is 11.1. The van der Waals surface area contributed by atoms with Gasteiger partial charge in [0.2, 0.25) is 0 Å². The average Bonchev–Trinajstić information content (AvgIpc) is 2.68. The van der Waals surface area contributed by atoms with Crippen LogP contribution >= 0.6 is 0 Å². The molecule has 8 heteroatoms. The smallest absolute Gasteiger partial charge is 0.411 e. The van der Waals surface area contributed by atoms with Gasteiger partial charge in [-0.05, 0) is 6.54 Å². The number of nitrogens with zero attached hydrogens (tertiary/aromatic N) is 2. The van der Waals surface area contributed by atoms with Gasteiger partial charge in [-0.3, -0.25) is 4.68 Å². The first-order valence-corrected chi connectivity index (χ1v) is 5.82. The number of likely N-dealkylation sites (N-methyl/N-ethyl adjacent to an activating group) is 1. The van der Waals surface area contributed by atoms with E-state index in [1.165, 1.54) is 13.3 Å². The van der Waals surface area contributed by atoms with Crippen LogP contribution in [0.4, 0.5) is 13.2 Å². The minimum atomic E-state index is -4.33. The van der Waals surface area contributed by atoms with Crippen molar-refractivity contribution < 1.29 is 22.6 Å². The van der Waals surface area contributed by atoms with Crippen molar-refractivity contribution in [2.24, 2.45) is 7.05 Å². The van der Waals surface area contributed by atoms with E-state index in [1.54, 1.807) is 11.7 Å². The average molecular weight is 281 g/mol. The minimum Gasteiger partial charge on any atom is -0.493 e. The van der Waals surface area contributed by atoms with Crippen LogP contribution in [0.3, 0.4) is 0 Å². The summed E-state index contributed by atoms with van der Waals surface area (Å²) in [5.74, 6) is 0.518. The Bertz CT molecular complexity index is 393. The number of hydrogen-bond acceptors (Lipinski definition) is 4. The van der Waals surface area contributed by atoms with E-state index in [9.17, 15) is 13.2 Å². The number of aryl methyl sites for hydroxylation is 1. The predicted molar refractivity (Wildman–Crippen MR) is 63.1 cm³/mol. The van der Waals surface area contributed by atoms with Crippen LogP contribution in [-0.2, 0) is 11.8 Å². The molecule has 0 bridgehead atoms. The molecule has 1 rings (SSSR count). The van der Waals surface area contributed by atoms with E-state index in [1.807, 2.05) is 6.92 Å². The Morgan fingerprint density at radius 3 is 2.68 bits per heavy atom. The molecular formula is C11H18F3N3O2. The molecule has 0 saturated carbocycles. The van der Waals surface area contributed by atoms with Crippen LogP contribution in [0.25, 0.3) is 0 Å². The first-order chi connectivity index (χ1) is 8.89. The third-order valence-electron chi connectivity index (χ3n) is 2.50. The molecule has 110 valence electrons. The number of nitrogens with one attached hydrogen (secondary N) is 1. The summed E-state index contributed by atoms with van der Waals surface area (Å²) in [5, 5.41) is 7.07. The molecular weight excluding hydrogens is 263 g/mol. The summed E-state index contributed by atoms with van der Waals surface area (Å²) < 4.78 is 47.6. The fourth-order valence-electron chi connectivity index (χ4n) is 1.75. The molecule has 0 amide bonds. The highest BCUT2D eigenvalue weighted by atomic mass is 19.4. The van der Waals surface area contributed by atoms with Gasteiger partial charge in [0.25, 0.3) is 0 Å². The number of aromatic nitrogens is 2. The summed E-state index contributed by atoms with van der Waals surface area (Å²) >= 11 is 0. The summed E-state index contributed by atoms with van der Waals surface area (Å²) in [5.41, 5.74) is 0.659. The summed E-state index contributed by atoms with van der Waals surface area (Å²) in [7, 11) is 3.19. The fourth-order valence-corrected chi connectivity index (χ4v) is 1.75. The molecule has 0 fully saturated rings. The maximum absolute atomic E-state index is 12.1. The van der Waals surface area contributed by atoms with Gasteiger partial charge < -0.3 is 14.8 Å². The topological polar surface area (TPSA) is 48.3 Å². The molecule has 1 N–H and O–H groups in total. The van der Waals surface area contributed by atoms with Crippen molar-refractivity contribution in [2.45, 2.75) is 19.1 Å². The number of alkyl halides is 3. The highest BCUT2D eigenvalue weighted by Gasteiger charge is 2.29. The maximum Gasteiger partial charge on any atom is 0.411 e. The second-order valence-corrected chi connectivity index (χ2v) is 3.96. The van der Waals surface area contributed by atoms with E-state index >= 15 is 0 Å². The van der Waals surface area contributed by atoms with Gasteiger partial charge in [0, 0.05) is 7.05 Å². The zero-order chi connectivity index (χ0) is 14.5. The molecule has 1 atom stereocenters. The molecule has 0 radical (unpaired) electrons. The van der Waals surface area contributed by atoms with Crippen LogP contribution in [0.2, 0.25) is 0 Å². The molecule has 19 heavy (non-hydrogen) atoms. The SMILES string of the molecule is CCNC(COCC(F)(F)F)c1c(OC)cnn1C. The molecule has 0 aromatic carbocycles. The summed E-state index contributed by atoms with van der Waals surface area (Å²) in [6.45, 7) is 1.08. The first-order valence-electron chi connectivity index (χ1n) is 5.82. The molecule has 0 aliphatic heterocycles. The largest absolute Gasteiger partial charge is 0.493 e. The van der Waals surface area contributed by atoms with Gasteiger partial charge in [0.1, 0.15) is 6.61 Å². The van der Waals surface area contributed by atoms with Crippen LogP contribution in [-0.4, -0.2) is 42.8 Å². The molecule has 0 aliphatic rings. The van der Waals surface area contributed by atoms with Crippen LogP contribution in [0, 0.1) is 0 Å². The number of rotatable bonds is 7. The van der Waals surface area contributed by atoms with E-state index in [-0.39, 0.29) is 6.61 Å². The van der Waals surface area contributed by atoms with E-state index < -0.39 is 18.8 Å². The van der Waals surface area contributed by atoms with Gasteiger partial charge in [0.15, 0.2) is 5.75 Å². The van der Waals surface area contributed by atoms with Crippen LogP contribution in [0.15, 0.2) is 6.20 Å². The Hall–Kier alpha value is -1.28. The molecule has 5 nitrogen and oxygen atoms in total. The van der Waals surface area contributed by atoms with Gasteiger partial charge in [-0.1, -0.05) is 6.92 Å². The van der Waals surface area contributed by atoms with Crippen molar-refractivity contribution in [3.63, 3.8) is 0 Å². The van der Waals surface area contributed by atoms with E-state index in [0.717, 1.165) is 0 Å². The lowest BCUT2D eigenvalue weighted by Gasteiger charge is -2.20. The number of methoxy groups -OCH3 is 1. The van der Waals surface area contributed by atoms with Crippen LogP contribution < -0.4 is 10.1 Å². The standard InChI is InChI=1S/C11H18F3N3O2/c1-4-15-8(6-19-7-11(12,13)14)10-9(18-3)5-16-17(10)2/h5,8,15H,4,6-7H2,1-3H3. The van der Waals surface area contributed by atoms with Gasteiger partial charge in [-0.2, -0.15) is 18.3 Å². The summed E-state index contributed by atoms with van der Waals surface area (Å²) in [4.78, 5) is 0. The molecule has 0 aliphatic carbocycles. The number of halogens is 3. The van der Waals surface area contributed by atoms with Crippen LogP contribution in [0.5, 0.6) is 5.75 Å². The molecule has 1 aromatic rings. The lowest BCUT2D eigenvalue weighted by atomic mass is 10.2. The highest BCUT2D eigenvalue weighted by molar-refractivity contribution is 5.28. The minimum absolute atomic E-state index is 0.108. The van der Waals surface area contributed by atoms with Crippen molar-refractivity contribution in [2.75, 3.05) is 26.9 Å². The fraction of sp³-hybridized carbons (Fsp3) is 0.727. The molecule has 0 spiro atoms. The molecule has 1 unspecified atom stereocenters. The van der Waals surface area contributed by atoms with E-state index in [4.69, 9.17) is 9.47 Å². The quantitative estimate of drug-likeness (QED) is 0.825. The highest BCUT2D eigenvalue weighted by Crippen LogP contribution is 2.25. The van der Waals surface area contributed by atoms with Gasteiger partial charge in [0.05, 0.1) is 31.6 Å². The molecule has 0 saturated heterocycles. The third-order valence-corrected chi connectivity index (χ3v) is 2.50. The van der Waals surface area contributed by atoms with Crippen molar-refractivity contribution in [1.29, 1.82) is 0 Å². The van der Waals surface area contributed by atoms with Crippen molar-refractivity contribution in [1.82, 2.24) is 15.1 Å². The zero-order valence-electron chi connectivity index (χ0n) is 11.1. The predicted octanol–water partition coefficient (Wildman–Crippen LogP) is 1.66. The third kappa shape index (κ3) is 4.71. The summed E-state index contributed by atoms with van der Waals surface area (Å²) in [6, 6.07) is -0.408. The second kappa shape index (κ2) is 6.76. The van der Waals surface area contributed by atoms with Gasteiger partial charge >= 0.3 is 6.18 Å². The Labute approximate surface area is 109 Å². The maximum atomic E-state index is 12.1. The molecule has 1 heterocycles. The lowest BCUT2D eigenvalue weighted by Crippen LogP contribution is -2.29. The lowest BCUT2D eigenvalue weighted by molar-refractivity contribution is -0.175. The van der Waals surface area contributed by atoms with Crippen molar-refractivity contribution in [3.8, 4) is 5.75 Å². The van der Waals surface area contributed by atoms with E-state index in [0.29, 0.717) is 18.0 Å². The Morgan fingerprint density at radius 1 is 1.47 bits per heavy atom. The number of ether oxygens (including phenoxy) is 2. The first kappa shape index (κ1) is 15.8. The van der Waals surface area contributed by atoms with Gasteiger partial charge in [-0.25, -0.2) is 0 Å². The normalized spacial score (nSPS) is 13.6. The van der Waals surface area contributed by atoms with E-state index in [2.05, 4.69) is 10.4 Å².